The molecule has 0 saturated heterocycles. The highest BCUT2D eigenvalue weighted by Crippen LogP contribution is 2.18. The van der Waals surface area contributed by atoms with Gasteiger partial charge in [0.1, 0.15) is 5.52 Å². The summed E-state index contributed by atoms with van der Waals surface area (Å²) in [5, 5.41) is 22.2. The van der Waals surface area contributed by atoms with Crippen LogP contribution in [0.2, 0.25) is 0 Å². The van der Waals surface area contributed by atoms with Gasteiger partial charge in [0, 0.05) is 23.4 Å². The zero-order chi connectivity index (χ0) is 22.8. The number of fused-ring (bicyclic) bond motifs is 1. The van der Waals surface area contributed by atoms with Crippen molar-refractivity contribution >= 4 is 52.4 Å². The molecule has 0 spiro atoms. The van der Waals surface area contributed by atoms with Crippen molar-refractivity contribution in [3.8, 4) is 0 Å². The molecule has 0 bridgehead atoms. The number of H-pyrrole nitrogens is 3. The molecule has 0 radical (unpaired) electrons. The second kappa shape index (κ2) is 8.56. The molecule has 0 aliphatic rings. The molecular weight excluding hydrogens is 434 g/mol. The van der Waals surface area contributed by atoms with E-state index in [0.717, 1.165) is 0 Å². The molecular formula is C20H17N7O4S. The van der Waals surface area contributed by atoms with Crippen LogP contribution in [0.15, 0.2) is 53.3 Å². The maximum atomic E-state index is 12.8. The summed E-state index contributed by atoms with van der Waals surface area (Å²) in [5.74, 6) is -0.278. The van der Waals surface area contributed by atoms with Crippen LogP contribution in [0.5, 0.6) is 0 Å². The van der Waals surface area contributed by atoms with Crippen molar-refractivity contribution in [3.05, 3.63) is 85.8 Å². The molecule has 1 atom stereocenters. The SMILES string of the molecule is Nc1ccc(C(=O)N/C(=C\c2cccc([NH+]([O-])O)c2)c2nc3[nH]c(=S)[nH]c(=O)c3[nH]2)cc1. The van der Waals surface area contributed by atoms with Crippen molar-refractivity contribution in [3.63, 3.8) is 0 Å². The third-order valence-corrected chi connectivity index (χ3v) is 4.71. The lowest BCUT2D eigenvalue weighted by Crippen LogP contribution is -2.99. The summed E-state index contributed by atoms with van der Waals surface area (Å²) in [6.45, 7) is 0. The molecule has 4 rings (SSSR count). The fraction of sp³-hybridized carbons (Fsp3) is 0. The van der Waals surface area contributed by atoms with Gasteiger partial charge in [-0.3, -0.25) is 14.6 Å². The largest absolute Gasteiger partial charge is 0.595 e. The predicted molar refractivity (Wildman–Crippen MR) is 120 cm³/mol. The quantitative estimate of drug-likeness (QED) is 0.135. The first-order valence-electron chi connectivity index (χ1n) is 9.25. The number of aromatic nitrogens is 4. The molecule has 8 N–H and O–H groups in total. The first-order chi connectivity index (χ1) is 15.3. The number of amides is 1. The van der Waals surface area contributed by atoms with Gasteiger partial charge in [-0.05, 0) is 48.1 Å². The first kappa shape index (κ1) is 21.1. The van der Waals surface area contributed by atoms with E-state index in [9.17, 15) is 20.0 Å². The second-order valence-electron chi connectivity index (χ2n) is 6.78. The van der Waals surface area contributed by atoms with Gasteiger partial charge in [-0.1, -0.05) is 12.1 Å². The number of imidazole rings is 1. The van der Waals surface area contributed by atoms with E-state index < -0.39 is 16.7 Å². The van der Waals surface area contributed by atoms with Gasteiger partial charge in [0.05, 0.1) is 5.70 Å². The van der Waals surface area contributed by atoms with Crippen LogP contribution in [0.3, 0.4) is 0 Å². The Balaban J connectivity index is 1.81. The average Bonchev–Trinajstić information content (AvgIpc) is 3.18. The molecule has 0 saturated carbocycles. The second-order valence-corrected chi connectivity index (χ2v) is 7.19. The van der Waals surface area contributed by atoms with E-state index in [2.05, 4.69) is 25.3 Å². The van der Waals surface area contributed by atoms with E-state index in [4.69, 9.17) is 18.0 Å². The molecule has 2 aromatic heterocycles. The third kappa shape index (κ3) is 4.48. The summed E-state index contributed by atoms with van der Waals surface area (Å²) in [5.41, 5.74) is 7.20. The maximum Gasteiger partial charge on any atom is 0.277 e. The average molecular weight is 451 g/mol. The molecule has 0 aliphatic heterocycles. The fourth-order valence-corrected chi connectivity index (χ4v) is 3.17. The van der Waals surface area contributed by atoms with Gasteiger partial charge in [0.15, 0.2) is 21.9 Å². The Morgan fingerprint density at radius 1 is 1.19 bits per heavy atom. The maximum absolute atomic E-state index is 12.8. The van der Waals surface area contributed by atoms with Gasteiger partial charge in [-0.2, -0.15) is 5.23 Å². The molecule has 2 heterocycles. The highest BCUT2D eigenvalue weighted by molar-refractivity contribution is 7.71. The Morgan fingerprint density at radius 3 is 2.66 bits per heavy atom. The minimum atomic E-state index is -1.09. The van der Waals surface area contributed by atoms with E-state index in [1.165, 1.54) is 12.1 Å². The monoisotopic (exact) mass is 451 g/mol. The van der Waals surface area contributed by atoms with Crippen molar-refractivity contribution in [2.75, 3.05) is 5.73 Å². The molecule has 2 aromatic carbocycles. The van der Waals surface area contributed by atoms with Crippen LogP contribution in [0.1, 0.15) is 21.7 Å². The highest BCUT2D eigenvalue weighted by atomic mass is 32.1. The van der Waals surface area contributed by atoms with E-state index in [1.54, 1.807) is 42.5 Å². The van der Waals surface area contributed by atoms with Gasteiger partial charge in [0.25, 0.3) is 11.5 Å². The van der Waals surface area contributed by atoms with E-state index in [-0.39, 0.29) is 33.1 Å². The number of quaternary nitrogens is 1. The lowest BCUT2D eigenvalue weighted by atomic mass is 10.1. The molecule has 32 heavy (non-hydrogen) atoms. The van der Waals surface area contributed by atoms with Gasteiger partial charge in [0.2, 0.25) is 0 Å². The predicted octanol–water partition coefficient (Wildman–Crippen LogP) is 1.22. The summed E-state index contributed by atoms with van der Waals surface area (Å²) in [7, 11) is 0. The topological polar surface area (TPSA) is 180 Å². The number of anilines is 1. The van der Waals surface area contributed by atoms with Gasteiger partial charge in [-0.25, -0.2) is 10.2 Å². The van der Waals surface area contributed by atoms with Crippen molar-refractivity contribution in [1.82, 2.24) is 25.3 Å². The number of hydrogen-bond donors (Lipinski definition) is 7. The molecule has 12 heteroatoms. The Hall–Kier alpha value is -4.10. The highest BCUT2D eigenvalue weighted by Gasteiger charge is 2.15. The van der Waals surface area contributed by atoms with E-state index >= 15 is 0 Å². The zero-order valence-corrected chi connectivity index (χ0v) is 17.1. The smallest absolute Gasteiger partial charge is 0.277 e. The van der Waals surface area contributed by atoms with Crippen LogP contribution in [0.4, 0.5) is 11.4 Å². The number of nitrogen functional groups attached to an aromatic ring is 1. The summed E-state index contributed by atoms with van der Waals surface area (Å²) < 4.78 is 0.103. The minimum Gasteiger partial charge on any atom is -0.595 e. The van der Waals surface area contributed by atoms with Crippen molar-refractivity contribution in [1.29, 1.82) is 0 Å². The molecule has 162 valence electrons. The number of carbonyl (C=O) groups excluding carboxylic acids is 1. The normalized spacial score (nSPS) is 12.6. The van der Waals surface area contributed by atoms with Crippen LogP contribution < -0.4 is 21.8 Å². The summed E-state index contributed by atoms with van der Waals surface area (Å²) in [6.07, 6.45) is 1.54. The van der Waals surface area contributed by atoms with Crippen LogP contribution >= 0.6 is 12.2 Å². The third-order valence-electron chi connectivity index (χ3n) is 4.51. The lowest BCUT2D eigenvalue weighted by Gasteiger charge is -2.12. The van der Waals surface area contributed by atoms with Crippen LogP contribution in [0.25, 0.3) is 22.9 Å². The summed E-state index contributed by atoms with van der Waals surface area (Å²) in [4.78, 5) is 37.4. The van der Waals surface area contributed by atoms with E-state index in [0.29, 0.717) is 16.8 Å². The number of nitrogens with two attached hydrogens (primary N) is 1. The molecule has 4 aromatic rings. The molecule has 0 fully saturated rings. The van der Waals surface area contributed by atoms with Crippen LogP contribution in [-0.2, 0) is 0 Å². The Morgan fingerprint density at radius 2 is 1.94 bits per heavy atom. The number of nitrogens with one attached hydrogen (secondary N) is 5. The zero-order valence-electron chi connectivity index (χ0n) is 16.3. The number of hydrogen-bond acceptors (Lipinski definition) is 7. The standard InChI is InChI=1S/C20H17N7O4S/c21-12-6-4-11(5-7-12)18(28)22-14(9-10-2-1-3-13(8-10)27(30)31)16-23-15-17(24-16)25-20(32)26-19(15)29/h1-9,27,30H,21H2,(H,22,28)(H3,23,24,25,26,29,32)/b14-9-. The van der Waals surface area contributed by atoms with Crippen LogP contribution in [-0.4, -0.2) is 31.1 Å². The number of rotatable bonds is 5. The summed E-state index contributed by atoms with van der Waals surface area (Å²) >= 11 is 4.97. The Kier molecular flexibility index (Phi) is 5.66. The van der Waals surface area contributed by atoms with E-state index in [1.807, 2.05) is 0 Å². The number of aromatic amines is 3. The lowest BCUT2D eigenvalue weighted by molar-refractivity contribution is -0.991. The fourth-order valence-electron chi connectivity index (χ4n) is 2.98. The van der Waals surface area contributed by atoms with Gasteiger partial charge < -0.3 is 26.2 Å². The molecule has 11 nitrogen and oxygen atoms in total. The molecule has 1 unspecified atom stereocenters. The van der Waals surface area contributed by atoms with Crippen molar-refractivity contribution in [2.45, 2.75) is 0 Å². The van der Waals surface area contributed by atoms with Gasteiger partial charge >= 0.3 is 0 Å². The number of carbonyl (C=O) groups is 1. The number of benzene rings is 2. The van der Waals surface area contributed by atoms with Crippen molar-refractivity contribution < 1.29 is 15.2 Å². The molecule has 1 amide bonds. The van der Waals surface area contributed by atoms with Crippen molar-refractivity contribution in [2.24, 2.45) is 0 Å². The Labute approximate surface area is 184 Å². The van der Waals surface area contributed by atoms with Crippen LogP contribution in [0, 0.1) is 9.98 Å². The van der Waals surface area contributed by atoms with Gasteiger partial charge in [-0.15, -0.1) is 0 Å². The first-order valence-corrected chi connectivity index (χ1v) is 9.65. The minimum absolute atomic E-state index is 0.0769. The summed E-state index contributed by atoms with van der Waals surface area (Å²) in [6, 6.07) is 12.5. The number of nitrogens with zero attached hydrogens (tertiary/aromatic N) is 1. The molecule has 0 aliphatic carbocycles. The Bertz CT molecular complexity index is 1450.